The first-order chi connectivity index (χ1) is 11.4. The summed E-state index contributed by atoms with van der Waals surface area (Å²) in [5.41, 5.74) is 2.18. The highest BCUT2D eigenvalue weighted by molar-refractivity contribution is 8.27. The van der Waals surface area contributed by atoms with E-state index in [1.54, 1.807) is 25.1 Å². The maximum atomic E-state index is 12.7. The largest absolute Gasteiger partial charge is 0.478 e. The second-order valence-electron chi connectivity index (χ2n) is 5.43. The average Bonchev–Trinajstić information content (AvgIpc) is 3.04. The molecule has 1 N–H and O–H groups in total. The van der Waals surface area contributed by atoms with E-state index < -0.39 is 5.97 Å². The van der Waals surface area contributed by atoms with E-state index in [1.807, 2.05) is 30.1 Å². The predicted molar refractivity (Wildman–Crippen MR) is 99.2 cm³/mol. The monoisotopic (exact) mass is 358 g/mol. The van der Waals surface area contributed by atoms with Crippen LogP contribution in [0.25, 0.3) is 6.08 Å². The Balaban J connectivity index is 1.97. The van der Waals surface area contributed by atoms with Crippen molar-refractivity contribution < 1.29 is 14.7 Å². The molecule has 7 heteroatoms. The van der Waals surface area contributed by atoms with Crippen molar-refractivity contribution in [1.29, 1.82) is 0 Å². The van der Waals surface area contributed by atoms with Crippen LogP contribution in [0, 0.1) is 6.92 Å². The third-order valence-corrected chi connectivity index (χ3v) is 4.96. The number of carbonyl (C=O) groups excluding carboxylic acids is 1. The van der Waals surface area contributed by atoms with Crippen LogP contribution < -0.4 is 4.90 Å². The van der Waals surface area contributed by atoms with Crippen LogP contribution in [0.15, 0.2) is 41.6 Å². The van der Waals surface area contributed by atoms with E-state index in [-0.39, 0.29) is 11.5 Å². The number of rotatable bonds is 3. The number of thioether (sulfide) groups is 1. The molecule has 1 aromatic heterocycles. The summed E-state index contributed by atoms with van der Waals surface area (Å²) in [6.07, 6.45) is 5.58. The number of carboxylic acid groups (broad SMARTS) is 1. The minimum absolute atomic E-state index is 0.161. The van der Waals surface area contributed by atoms with Gasteiger partial charge in [0.1, 0.15) is 0 Å². The topological polar surface area (TPSA) is 62.5 Å². The molecule has 2 aromatic rings. The van der Waals surface area contributed by atoms with E-state index in [2.05, 4.69) is 0 Å². The first-order valence-electron chi connectivity index (χ1n) is 7.10. The summed E-state index contributed by atoms with van der Waals surface area (Å²) in [6.45, 7) is 1.72. The van der Waals surface area contributed by atoms with Crippen LogP contribution in [0.3, 0.4) is 0 Å². The fraction of sp³-hybridized carbons (Fsp3) is 0.118. The minimum Gasteiger partial charge on any atom is -0.478 e. The lowest BCUT2D eigenvalue weighted by molar-refractivity contribution is -0.113. The number of nitrogens with zero attached hydrogens (tertiary/aromatic N) is 2. The van der Waals surface area contributed by atoms with Crippen LogP contribution in [0.1, 0.15) is 21.5 Å². The Hall–Kier alpha value is -2.38. The Morgan fingerprint density at radius 3 is 2.71 bits per heavy atom. The first-order valence-corrected chi connectivity index (χ1v) is 8.33. The van der Waals surface area contributed by atoms with Gasteiger partial charge in [0.25, 0.3) is 5.91 Å². The van der Waals surface area contributed by atoms with Gasteiger partial charge >= 0.3 is 5.97 Å². The van der Waals surface area contributed by atoms with Gasteiger partial charge in [-0.15, -0.1) is 0 Å². The van der Waals surface area contributed by atoms with Crippen LogP contribution in [0.4, 0.5) is 5.69 Å². The number of amides is 1. The molecule has 0 spiro atoms. The molecular weight excluding hydrogens is 344 g/mol. The van der Waals surface area contributed by atoms with Crippen molar-refractivity contribution >= 4 is 51.9 Å². The minimum atomic E-state index is -1.03. The summed E-state index contributed by atoms with van der Waals surface area (Å²) in [4.78, 5) is 25.9. The van der Waals surface area contributed by atoms with Crippen molar-refractivity contribution in [3.63, 3.8) is 0 Å². The summed E-state index contributed by atoms with van der Waals surface area (Å²) in [5.74, 6) is -1.27. The molecule has 0 bridgehead atoms. The standard InChI is InChI=1S/C17H14N2O3S2/c1-10-3-4-12(8-13(10)16(21)22)19-15(20)14(24-17(19)23)7-11-5-6-18(2)9-11/h3-9H,1-2H3,(H,21,22). The maximum Gasteiger partial charge on any atom is 0.336 e. The smallest absolute Gasteiger partial charge is 0.336 e. The van der Waals surface area contributed by atoms with Crippen LogP contribution in [0.5, 0.6) is 0 Å². The number of aryl methyl sites for hydroxylation is 2. The number of anilines is 1. The second kappa shape index (κ2) is 6.26. The molecule has 24 heavy (non-hydrogen) atoms. The molecule has 0 radical (unpaired) electrons. The van der Waals surface area contributed by atoms with Gasteiger partial charge in [0.05, 0.1) is 16.2 Å². The van der Waals surface area contributed by atoms with Crippen LogP contribution in [0.2, 0.25) is 0 Å². The van der Waals surface area contributed by atoms with E-state index >= 15 is 0 Å². The van der Waals surface area contributed by atoms with Crippen molar-refractivity contribution in [3.05, 3.63) is 58.3 Å². The predicted octanol–water partition coefficient (Wildman–Crippen LogP) is 3.44. The van der Waals surface area contributed by atoms with Gasteiger partial charge in [0, 0.05) is 19.4 Å². The number of carbonyl (C=O) groups is 2. The maximum absolute atomic E-state index is 12.7. The fourth-order valence-corrected chi connectivity index (χ4v) is 3.73. The quantitative estimate of drug-likeness (QED) is 0.673. The highest BCUT2D eigenvalue weighted by atomic mass is 32.2. The first kappa shape index (κ1) is 16.5. The third kappa shape index (κ3) is 3.00. The highest BCUT2D eigenvalue weighted by Crippen LogP contribution is 2.36. The van der Waals surface area contributed by atoms with Gasteiger partial charge in [-0.2, -0.15) is 0 Å². The summed E-state index contributed by atoms with van der Waals surface area (Å²) in [6, 6.07) is 6.77. The van der Waals surface area contributed by atoms with Gasteiger partial charge < -0.3 is 9.67 Å². The van der Waals surface area contributed by atoms with Crippen molar-refractivity contribution in [2.24, 2.45) is 7.05 Å². The third-order valence-electron chi connectivity index (χ3n) is 3.66. The molecular formula is C17H14N2O3S2. The number of hydrogen-bond donors (Lipinski definition) is 1. The van der Waals surface area contributed by atoms with Crippen LogP contribution >= 0.6 is 24.0 Å². The molecule has 5 nitrogen and oxygen atoms in total. The molecule has 122 valence electrons. The van der Waals surface area contributed by atoms with Crippen molar-refractivity contribution in [2.75, 3.05) is 4.90 Å². The van der Waals surface area contributed by atoms with E-state index in [1.165, 1.54) is 22.7 Å². The summed E-state index contributed by atoms with van der Waals surface area (Å²) in [7, 11) is 1.91. The number of hydrogen-bond acceptors (Lipinski definition) is 4. The zero-order valence-electron chi connectivity index (χ0n) is 13.0. The summed E-state index contributed by atoms with van der Waals surface area (Å²) in [5, 5.41) is 9.26. The van der Waals surface area contributed by atoms with Crippen molar-refractivity contribution in [3.8, 4) is 0 Å². The molecule has 1 aromatic carbocycles. The molecule has 3 rings (SSSR count). The Morgan fingerprint density at radius 1 is 1.33 bits per heavy atom. The average molecular weight is 358 g/mol. The van der Waals surface area contributed by atoms with E-state index in [4.69, 9.17) is 12.2 Å². The molecule has 1 aliphatic heterocycles. The molecule has 1 fully saturated rings. The second-order valence-corrected chi connectivity index (χ2v) is 7.11. The lowest BCUT2D eigenvalue weighted by atomic mass is 10.1. The number of carboxylic acids is 1. The number of benzene rings is 1. The molecule has 1 aliphatic rings. The van der Waals surface area contributed by atoms with E-state index in [9.17, 15) is 14.7 Å². The summed E-state index contributed by atoms with van der Waals surface area (Å²) >= 11 is 6.53. The Kier molecular flexibility index (Phi) is 4.29. The van der Waals surface area contributed by atoms with Gasteiger partial charge in [0.15, 0.2) is 4.32 Å². The number of aromatic nitrogens is 1. The molecule has 0 atom stereocenters. The van der Waals surface area contributed by atoms with Gasteiger partial charge in [-0.05, 0) is 42.3 Å². The normalized spacial score (nSPS) is 16.2. The van der Waals surface area contributed by atoms with Gasteiger partial charge in [0.2, 0.25) is 0 Å². The SMILES string of the molecule is Cc1ccc(N2C(=O)C(=Cc3ccn(C)c3)SC2=S)cc1C(=O)O. The van der Waals surface area contributed by atoms with Crippen LogP contribution in [-0.4, -0.2) is 25.9 Å². The molecule has 1 saturated heterocycles. The Morgan fingerprint density at radius 2 is 2.08 bits per heavy atom. The van der Waals surface area contributed by atoms with E-state index in [0.717, 1.165) is 5.56 Å². The Labute approximate surface area is 148 Å². The van der Waals surface area contributed by atoms with Crippen LogP contribution in [-0.2, 0) is 11.8 Å². The molecule has 1 amide bonds. The Bertz CT molecular complexity index is 899. The molecule has 0 saturated carbocycles. The zero-order valence-corrected chi connectivity index (χ0v) is 14.6. The zero-order chi connectivity index (χ0) is 17.4. The van der Waals surface area contributed by atoms with Gasteiger partial charge in [-0.3, -0.25) is 9.69 Å². The van der Waals surface area contributed by atoms with Crippen molar-refractivity contribution in [2.45, 2.75) is 6.92 Å². The highest BCUT2D eigenvalue weighted by Gasteiger charge is 2.33. The lowest BCUT2D eigenvalue weighted by Gasteiger charge is -2.15. The van der Waals surface area contributed by atoms with E-state index in [0.29, 0.717) is 20.5 Å². The number of aromatic carboxylic acids is 1. The van der Waals surface area contributed by atoms with Gasteiger partial charge in [-0.1, -0.05) is 30.0 Å². The fourth-order valence-electron chi connectivity index (χ4n) is 2.43. The molecule has 0 aliphatic carbocycles. The summed E-state index contributed by atoms with van der Waals surface area (Å²) < 4.78 is 2.29. The molecule has 2 heterocycles. The van der Waals surface area contributed by atoms with Crippen molar-refractivity contribution in [1.82, 2.24) is 4.57 Å². The molecule has 0 unspecified atom stereocenters. The van der Waals surface area contributed by atoms with Gasteiger partial charge in [-0.25, -0.2) is 4.79 Å². The number of thiocarbonyl (C=S) groups is 1. The lowest BCUT2D eigenvalue weighted by Crippen LogP contribution is -2.27.